The van der Waals surface area contributed by atoms with Gasteiger partial charge in [-0.15, -0.1) is 0 Å². The topological polar surface area (TPSA) is 56.1 Å². The predicted molar refractivity (Wildman–Crippen MR) is 84.3 cm³/mol. The van der Waals surface area contributed by atoms with Crippen LogP contribution in [0.4, 0.5) is 4.39 Å². The molecule has 1 aliphatic heterocycles. The Morgan fingerprint density at radius 3 is 2.83 bits per heavy atom. The second-order valence-electron chi connectivity index (χ2n) is 5.56. The van der Waals surface area contributed by atoms with Crippen molar-refractivity contribution >= 4 is 5.91 Å². The summed E-state index contributed by atoms with van der Waals surface area (Å²) < 4.78 is 15.3. The van der Waals surface area contributed by atoms with Crippen molar-refractivity contribution in [2.45, 2.75) is 39.2 Å². The Kier molecular flexibility index (Phi) is 4.71. The molecule has 0 spiro atoms. The van der Waals surface area contributed by atoms with E-state index in [-0.39, 0.29) is 11.7 Å². The van der Waals surface area contributed by atoms with E-state index in [2.05, 4.69) is 15.0 Å². The number of imidazole rings is 1. The van der Waals surface area contributed by atoms with E-state index in [0.717, 1.165) is 43.5 Å². The standard InChI is InChI=1S/C17H20FN3O2/c1-2-23-20-17(22)15-14-6-4-3-5-11-21(14)16(19-15)12-7-9-13(18)10-8-12/h7-10H,2-6,11H2,1H3,(H,20,22). The van der Waals surface area contributed by atoms with Crippen molar-refractivity contribution in [2.24, 2.45) is 0 Å². The van der Waals surface area contributed by atoms with Crippen molar-refractivity contribution in [3.05, 3.63) is 41.5 Å². The number of nitrogens with zero attached hydrogens (tertiary/aromatic N) is 2. The van der Waals surface area contributed by atoms with Crippen molar-refractivity contribution in [2.75, 3.05) is 6.61 Å². The Morgan fingerprint density at radius 1 is 1.30 bits per heavy atom. The molecule has 5 nitrogen and oxygen atoms in total. The summed E-state index contributed by atoms with van der Waals surface area (Å²) in [7, 11) is 0. The molecule has 0 aliphatic carbocycles. The summed E-state index contributed by atoms with van der Waals surface area (Å²) in [5, 5.41) is 0. The summed E-state index contributed by atoms with van der Waals surface area (Å²) in [4.78, 5) is 21.9. The van der Waals surface area contributed by atoms with Gasteiger partial charge in [0.1, 0.15) is 11.6 Å². The van der Waals surface area contributed by atoms with Crippen LogP contribution < -0.4 is 5.48 Å². The van der Waals surface area contributed by atoms with Gasteiger partial charge in [0.05, 0.1) is 12.3 Å². The van der Waals surface area contributed by atoms with Crippen LogP contribution in [-0.2, 0) is 17.8 Å². The lowest BCUT2D eigenvalue weighted by molar-refractivity contribution is 0.0359. The molecule has 23 heavy (non-hydrogen) atoms. The van der Waals surface area contributed by atoms with Gasteiger partial charge in [-0.05, 0) is 50.5 Å². The number of halogens is 1. The highest BCUT2D eigenvalue weighted by Crippen LogP contribution is 2.27. The van der Waals surface area contributed by atoms with E-state index < -0.39 is 0 Å². The van der Waals surface area contributed by atoms with Crippen LogP contribution >= 0.6 is 0 Å². The number of aromatic nitrogens is 2. The zero-order valence-corrected chi connectivity index (χ0v) is 13.1. The molecule has 1 aliphatic rings. The van der Waals surface area contributed by atoms with Crippen LogP contribution in [0, 0.1) is 5.82 Å². The molecule has 0 radical (unpaired) electrons. The van der Waals surface area contributed by atoms with Gasteiger partial charge in [-0.3, -0.25) is 9.63 Å². The van der Waals surface area contributed by atoms with Gasteiger partial charge in [0, 0.05) is 12.1 Å². The lowest BCUT2D eigenvalue weighted by Crippen LogP contribution is -2.25. The number of rotatable bonds is 4. The first-order valence-corrected chi connectivity index (χ1v) is 7.98. The van der Waals surface area contributed by atoms with E-state index in [1.54, 1.807) is 19.1 Å². The molecule has 3 rings (SSSR count). The maximum atomic E-state index is 13.2. The number of nitrogens with one attached hydrogen (secondary N) is 1. The molecule has 2 aromatic rings. The minimum Gasteiger partial charge on any atom is -0.327 e. The third-order valence-corrected chi connectivity index (χ3v) is 3.99. The van der Waals surface area contributed by atoms with Crippen LogP contribution in [0.1, 0.15) is 42.4 Å². The maximum absolute atomic E-state index is 13.2. The summed E-state index contributed by atoms with van der Waals surface area (Å²) in [5.74, 6) is 0.0973. The quantitative estimate of drug-likeness (QED) is 0.882. The van der Waals surface area contributed by atoms with Crippen molar-refractivity contribution < 1.29 is 14.0 Å². The molecular weight excluding hydrogens is 297 g/mol. The fourth-order valence-electron chi connectivity index (χ4n) is 2.91. The average molecular weight is 317 g/mol. The number of carbonyl (C=O) groups excluding carboxylic acids is 1. The minimum atomic E-state index is -0.328. The third kappa shape index (κ3) is 3.27. The van der Waals surface area contributed by atoms with Gasteiger partial charge < -0.3 is 4.57 Å². The van der Waals surface area contributed by atoms with Crippen LogP contribution in [0.5, 0.6) is 0 Å². The second-order valence-corrected chi connectivity index (χ2v) is 5.56. The lowest BCUT2D eigenvalue weighted by Gasteiger charge is -2.09. The molecule has 0 saturated heterocycles. The average Bonchev–Trinajstić information content (AvgIpc) is 2.75. The highest BCUT2D eigenvalue weighted by Gasteiger charge is 2.24. The molecule has 0 atom stereocenters. The summed E-state index contributed by atoms with van der Waals surface area (Å²) >= 11 is 0. The fourth-order valence-corrected chi connectivity index (χ4v) is 2.91. The summed E-state index contributed by atoms with van der Waals surface area (Å²) in [6.45, 7) is 3.02. The number of benzene rings is 1. The van der Waals surface area contributed by atoms with E-state index in [4.69, 9.17) is 4.84 Å². The van der Waals surface area contributed by atoms with Crippen molar-refractivity contribution in [3.63, 3.8) is 0 Å². The van der Waals surface area contributed by atoms with Gasteiger partial charge in [-0.2, -0.15) is 0 Å². The first-order chi connectivity index (χ1) is 11.2. The first-order valence-electron chi connectivity index (χ1n) is 7.98. The van der Waals surface area contributed by atoms with Crippen molar-refractivity contribution in [1.82, 2.24) is 15.0 Å². The zero-order valence-electron chi connectivity index (χ0n) is 13.1. The Bertz CT molecular complexity index is 695. The predicted octanol–water partition coefficient (Wildman–Crippen LogP) is 3.10. The number of hydrogen-bond acceptors (Lipinski definition) is 3. The first kappa shape index (κ1) is 15.7. The Morgan fingerprint density at radius 2 is 2.09 bits per heavy atom. The Hall–Kier alpha value is -2.21. The summed E-state index contributed by atoms with van der Waals surface area (Å²) in [6, 6.07) is 6.21. The lowest BCUT2D eigenvalue weighted by atomic mass is 10.1. The van der Waals surface area contributed by atoms with Gasteiger partial charge >= 0.3 is 0 Å². The highest BCUT2D eigenvalue weighted by molar-refractivity contribution is 5.93. The second kappa shape index (κ2) is 6.91. The van der Waals surface area contributed by atoms with Gasteiger partial charge in [0.25, 0.3) is 5.91 Å². The largest absolute Gasteiger partial charge is 0.327 e. The SMILES string of the molecule is CCONC(=O)c1nc(-c2ccc(F)cc2)n2c1CCCCC2. The van der Waals surface area contributed by atoms with Crippen LogP contribution in [-0.4, -0.2) is 22.1 Å². The molecule has 0 unspecified atom stereocenters. The fraction of sp³-hybridized carbons (Fsp3) is 0.412. The van der Waals surface area contributed by atoms with Gasteiger partial charge in [0.2, 0.25) is 0 Å². The van der Waals surface area contributed by atoms with Crippen LogP contribution in [0.3, 0.4) is 0 Å². The number of fused-ring (bicyclic) bond motifs is 1. The molecule has 6 heteroatoms. The van der Waals surface area contributed by atoms with Crippen LogP contribution in [0.25, 0.3) is 11.4 Å². The monoisotopic (exact) mass is 317 g/mol. The van der Waals surface area contributed by atoms with E-state index >= 15 is 0 Å². The molecule has 1 N–H and O–H groups in total. The van der Waals surface area contributed by atoms with E-state index in [1.165, 1.54) is 12.1 Å². The van der Waals surface area contributed by atoms with Gasteiger partial charge in [-0.1, -0.05) is 6.42 Å². The van der Waals surface area contributed by atoms with E-state index in [1.807, 2.05) is 0 Å². The molecule has 1 aromatic carbocycles. The normalized spacial score (nSPS) is 14.2. The van der Waals surface area contributed by atoms with Gasteiger partial charge in [0.15, 0.2) is 5.69 Å². The zero-order chi connectivity index (χ0) is 16.2. The van der Waals surface area contributed by atoms with E-state index in [9.17, 15) is 9.18 Å². The van der Waals surface area contributed by atoms with Gasteiger partial charge in [-0.25, -0.2) is 14.9 Å². The minimum absolute atomic E-state index is 0.286. The molecule has 122 valence electrons. The number of hydroxylamine groups is 1. The molecule has 0 saturated carbocycles. The smallest absolute Gasteiger partial charge is 0.295 e. The van der Waals surface area contributed by atoms with E-state index in [0.29, 0.717) is 18.1 Å². The Balaban J connectivity index is 2.04. The molecule has 1 aromatic heterocycles. The Labute approximate surface area is 134 Å². The summed E-state index contributed by atoms with van der Waals surface area (Å²) in [5.41, 5.74) is 4.56. The molecule has 0 fully saturated rings. The molecule has 1 amide bonds. The molecule has 2 heterocycles. The third-order valence-electron chi connectivity index (χ3n) is 3.99. The van der Waals surface area contributed by atoms with Crippen LogP contribution in [0.2, 0.25) is 0 Å². The van der Waals surface area contributed by atoms with Crippen LogP contribution in [0.15, 0.2) is 24.3 Å². The van der Waals surface area contributed by atoms with Crippen molar-refractivity contribution in [1.29, 1.82) is 0 Å². The molecular formula is C17H20FN3O2. The maximum Gasteiger partial charge on any atom is 0.295 e. The molecule has 0 bridgehead atoms. The number of carbonyl (C=O) groups is 1. The highest BCUT2D eigenvalue weighted by atomic mass is 19.1. The number of hydrogen-bond donors (Lipinski definition) is 1. The number of amides is 1. The summed E-state index contributed by atoms with van der Waals surface area (Å²) in [6.07, 6.45) is 4.01. The van der Waals surface area contributed by atoms with Crippen molar-refractivity contribution in [3.8, 4) is 11.4 Å².